The van der Waals surface area contributed by atoms with Gasteiger partial charge in [0.2, 0.25) is 0 Å². The van der Waals surface area contributed by atoms with Gasteiger partial charge in [0, 0.05) is 12.8 Å². The van der Waals surface area contributed by atoms with Gasteiger partial charge >= 0.3 is 11.9 Å². The Morgan fingerprint density at radius 2 is 0.566 bits per heavy atom. The molecule has 0 radical (unpaired) electrons. The van der Waals surface area contributed by atoms with Crippen LogP contribution in [0.4, 0.5) is 0 Å². The standard InChI is InChI=1S/C71H128O5/c1-3-5-7-9-11-13-15-17-19-21-23-25-27-29-30-31-32-33-34-35-36-37-38-39-40-42-44-46-48-50-52-54-56-58-60-62-64-66-71(74)76-69(67-72)68-75-70(73)65-63-61-59-57-55-53-51-49-47-45-43-41-28-26-24-22-20-18-16-14-12-10-8-6-4-2/h5,7,11,13,16-19,22-25,69,72H,3-4,6,8-10,12,14-15,20-21,26-68H2,1-2H3/b7-5-,13-11-,18-16-,19-17-,24-22-,25-23-. The molecule has 1 N–H and O–H groups in total. The van der Waals surface area contributed by atoms with Gasteiger partial charge in [-0.1, -0.05) is 324 Å². The molecule has 0 fully saturated rings. The summed E-state index contributed by atoms with van der Waals surface area (Å²) in [7, 11) is 0. The lowest BCUT2D eigenvalue weighted by atomic mass is 10.0. The molecule has 1 unspecified atom stereocenters. The van der Waals surface area contributed by atoms with E-state index in [1.54, 1.807) is 0 Å². The van der Waals surface area contributed by atoms with Crippen molar-refractivity contribution in [2.45, 2.75) is 354 Å². The summed E-state index contributed by atoms with van der Waals surface area (Å²) in [6, 6.07) is 0. The average Bonchev–Trinajstić information content (AvgIpc) is 3.42. The maximum atomic E-state index is 12.4. The average molecular weight is 1060 g/mol. The first-order valence-corrected chi connectivity index (χ1v) is 33.5. The zero-order valence-electron chi connectivity index (χ0n) is 50.8. The molecule has 0 saturated heterocycles. The number of rotatable bonds is 62. The molecule has 0 aromatic heterocycles. The van der Waals surface area contributed by atoms with Gasteiger partial charge in [-0.15, -0.1) is 0 Å². The smallest absolute Gasteiger partial charge is 0.306 e. The number of ether oxygens (including phenoxy) is 2. The van der Waals surface area contributed by atoms with Gasteiger partial charge in [-0.25, -0.2) is 0 Å². The molecule has 0 aliphatic carbocycles. The fraction of sp³-hybridized carbons (Fsp3) is 0.803. The van der Waals surface area contributed by atoms with Crippen molar-refractivity contribution in [1.82, 2.24) is 0 Å². The van der Waals surface area contributed by atoms with Gasteiger partial charge in [0.1, 0.15) is 6.61 Å². The van der Waals surface area contributed by atoms with E-state index in [1.165, 1.54) is 250 Å². The molecule has 0 amide bonds. The van der Waals surface area contributed by atoms with Crippen LogP contribution in [-0.4, -0.2) is 36.4 Å². The lowest BCUT2D eigenvalue weighted by molar-refractivity contribution is -0.161. The summed E-state index contributed by atoms with van der Waals surface area (Å²) in [5.74, 6) is -0.574. The molecule has 0 saturated carbocycles. The topological polar surface area (TPSA) is 72.8 Å². The Morgan fingerprint density at radius 3 is 0.855 bits per heavy atom. The van der Waals surface area contributed by atoms with E-state index in [9.17, 15) is 14.7 Å². The molecule has 0 aromatic rings. The van der Waals surface area contributed by atoms with E-state index in [0.29, 0.717) is 12.8 Å². The molecule has 0 heterocycles. The molecule has 76 heavy (non-hydrogen) atoms. The van der Waals surface area contributed by atoms with Crippen LogP contribution in [0.1, 0.15) is 348 Å². The SMILES string of the molecule is CC/C=C\C/C=C\C/C=C\C/C=C\CCCCCCCCCCCCCCCCCCCCCCCCCCC(=O)OC(CO)COC(=O)CCCCCCCCCCCCCCC/C=C\C/C=C\CCCCCCC. The predicted octanol–water partition coefficient (Wildman–Crippen LogP) is 23.1. The Bertz CT molecular complexity index is 1340. The van der Waals surface area contributed by atoms with Crippen LogP contribution in [0.5, 0.6) is 0 Å². The van der Waals surface area contributed by atoms with Crippen LogP contribution in [0.15, 0.2) is 72.9 Å². The molecule has 0 aliphatic heterocycles. The minimum Gasteiger partial charge on any atom is -0.462 e. The molecule has 5 nitrogen and oxygen atoms in total. The Morgan fingerprint density at radius 1 is 0.316 bits per heavy atom. The van der Waals surface area contributed by atoms with Gasteiger partial charge < -0.3 is 14.6 Å². The van der Waals surface area contributed by atoms with Crippen LogP contribution in [-0.2, 0) is 19.1 Å². The van der Waals surface area contributed by atoms with Crippen molar-refractivity contribution in [3.63, 3.8) is 0 Å². The summed E-state index contributed by atoms with van der Waals surface area (Å²) >= 11 is 0. The quantitative estimate of drug-likeness (QED) is 0.0373. The minimum atomic E-state index is -0.773. The molecule has 5 heteroatoms. The van der Waals surface area contributed by atoms with Crippen molar-refractivity contribution >= 4 is 11.9 Å². The molecule has 0 aliphatic rings. The first-order valence-electron chi connectivity index (χ1n) is 33.5. The highest BCUT2D eigenvalue weighted by Crippen LogP contribution is 2.18. The molecule has 0 rings (SSSR count). The van der Waals surface area contributed by atoms with Gasteiger partial charge in [0.05, 0.1) is 6.61 Å². The third-order valence-corrected chi connectivity index (χ3v) is 15.0. The van der Waals surface area contributed by atoms with Crippen LogP contribution in [0, 0.1) is 0 Å². The third-order valence-electron chi connectivity index (χ3n) is 15.0. The fourth-order valence-corrected chi connectivity index (χ4v) is 9.99. The first-order chi connectivity index (χ1) is 37.6. The summed E-state index contributed by atoms with van der Waals surface area (Å²) in [6.07, 6.45) is 92.1. The first kappa shape index (κ1) is 73.3. The number of unbranched alkanes of at least 4 members (excludes halogenated alkanes) is 42. The number of hydrogen-bond donors (Lipinski definition) is 1. The maximum absolute atomic E-state index is 12.4. The summed E-state index contributed by atoms with van der Waals surface area (Å²) in [4.78, 5) is 24.6. The summed E-state index contributed by atoms with van der Waals surface area (Å²) in [6.45, 7) is 4.06. The molecule has 0 aromatic carbocycles. The molecule has 1 atom stereocenters. The van der Waals surface area contributed by atoms with Gasteiger partial charge in [-0.2, -0.15) is 0 Å². The fourth-order valence-electron chi connectivity index (χ4n) is 9.99. The van der Waals surface area contributed by atoms with Crippen molar-refractivity contribution in [2.24, 2.45) is 0 Å². The van der Waals surface area contributed by atoms with Crippen molar-refractivity contribution < 1.29 is 24.2 Å². The Hall–Kier alpha value is -2.66. The minimum absolute atomic E-state index is 0.0631. The van der Waals surface area contributed by atoms with Gasteiger partial charge in [-0.05, 0) is 83.5 Å². The highest BCUT2D eigenvalue weighted by Gasteiger charge is 2.16. The highest BCUT2D eigenvalue weighted by atomic mass is 16.6. The van der Waals surface area contributed by atoms with E-state index >= 15 is 0 Å². The summed E-state index contributed by atoms with van der Waals surface area (Å²) in [5.41, 5.74) is 0. The number of esters is 2. The van der Waals surface area contributed by atoms with Crippen LogP contribution < -0.4 is 0 Å². The van der Waals surface area contributed by atoms with Crippen molar-refractivity contribution in [2.75, 3.05) is 13.2 Å². The Kier molecular flexibility index (Phi) is 64.3. The highest BCUT2D eigenvalue weighted by molar-refractivity contribution is 5.70. The molecular formula is C71H128O5. The van der Waals surface area contributed by atoms with E-state index in [-0.39, 0.29) is 25.2 Å². The van der Waals surface area contributed by atoms with Gasteiger partial charge in [0.25, 0.3) is 0 Å². The van der Waals surface area contributed by atoms with E-state index in [2.05, 4.69) is 86.8 Å². The van der Waals surface area contributed by atoms with E-state index < -0.39 is 6.10 Å². The second kappa shape index (κ2) is 66.6. The van der Waals surface area contributed by atoms with Crippen molar-refractivity contribution in [1.29, 1.82) is 0 Å². The predicted molar refractivity (Wildman–Crippen MR) is 334 cm³/mol. The van der Waals surface area contributed by atoms with Gasteiger partial charge in [0.15, 0.2) is 6.10 Å². The van der Waals surface area contributed by atoms with E-state index in [0.717, 1.165) is 70.6 Å². The number of carbonyl (C=O) groups excluding carboxylic acids is 2. The van der Waals surface area contributed by atoms with Gasteiger partial charge in [-0.3, -0.25) is 9.59 Å². The van der Waals surface area contributed by atoms with Crippen LogP contribution in [0.2, 0.25) is 0 Å². The molecular weight excluding hydrogens is 933 g/mol. The van der Waals surface area contributed by atoms with Crippen LogP contribution in [0.3, 0.4) is 0 Å². The van der Waals surface area contributed by atoms with Crippen molar-refractivity contribution in [3.05, 3.63) is 72.9 Å². The second-order valence-electron chi connectivity index (χ2n) is 22.5. The van der Waals surface area contributed by atoms with E-state index in [1.807, 2.05) is 0 Å². The summed E-state index contributed by atoms with van der Waals surface area (Å²) in [5, 5.41) is 9.69. The number of aliphatic hydroxyl groups excluding tert-OH is 1. The lowest BCUT2D eigenvalue weighted by Gasteiger charge is -2.15. The van der Waals surface area contributed by atoms with Crippen LogP contribution in [0.25, 0.3) is 0 Å². The number of aliphatic hydroxyl groups is 1. The summed E-state index contributed by atoms with van der Waals surface area (Å²) < 4.78 is 10.8. The number of hydrogen-bond acceptors (Lipinski definition) is 5. The van der Waals surface area contributed by atoms with Crippen LogP contribution >= 0.6 is 0 Å². The Labute approximate surface area is 473 Å². The second-order valence-corrected chi connectivity index (χ2v) is 22.5. The number of carbonyl (C=O) groups is 2. The number of allylic oxidation sites excluding steroid dienone is 12. The molecule has 0 spiro atoms. The molecule has 0 bridgehead atoms. The monoisotopic (exact) mass is 1060 g/mol. The third kappa shape index (κ3) is 63.9. The zero-order chi connectivity index (χ0) is 54.8. The maximum Gasteiger partial charge on any atom is 0.306 e. The van der Waals surface area contributed by atoms with E-state index in [4.69, 9.17) is 9.47 Å². The van der Waals surface area contributed by atoms with Crippen molar-refractivity contribution in [3.8, 4) is 0 Å². The largest absolute Gasteiger partial charge is 0.462 e. The zero-order valence-corrected chi connectivity index (χ0v) is 50.8. The normalized spacial score (nSPS) is 12.6. The molecule has 442 valence electrons. The Balaban J connectivity index is 3.41. The lowest BCUT2D eigenvalue weighted by Crippen LogP contribution is -2.28.